The molecular formula is C17H31NO. The SMILES string of the molecule is CC.CC.Cc1ccc(OC2CC(N(C)C)C2)cc1. The monoisotopic (exact) mass is 265 g/mol. The minimum absolute atomic E-state index is 0.417. The van der Waals surface area contributed by atoms with Gasteiger partial charge in [-0.1, -0.05) is 45.4 Å². The lowest BCUT2D eigenvalue weighted by Gasteiger charge is -2.39. The van der Waals surface area contributed by atoms with Gasteiger partial charge in [0, 0.05) is 6.04 Å². The summed E-state index contributed by atoms with van der Waals surface area (Å²) in [7, 11) is 4.26. The van der Waals surface area contributed by atoms with E-state index in [0.717, 1.165) is 18.6 Å². The van der Waals surface area contributed by atoms with E-state index in [1.54, 1.807) is 0 Å². The number of nitrogens with zero attached hydrogens (tertiary/aromatic N) is 1. The van der Waals surface area contributed by atoms with E-state index >= 15 is 0 Å². The van der Waals surface area contributed by atoms with Crippen molar-refractivity contribution in [3.63, 3.8) is 0 Å². The quantitative estimate of drug-likeness (QED) is 0.796. The number of aryl methyl sites for hydroxylation is 1. The van der Waals surface area contributed by atoms with Gasteiger partial charge in [0.2, 0.25) is 0 Å². The standard InChI is InChI=1S/C13H19NO.2C2H6/c1-10-4-6-12(7-5-10)15-13-8-11(9-13)14(2)3;2*1-2/h4-7,11,13H,8-9H2,1-3H3;2*1-2H3. The predicted octanol–water partition coefficient (Wildman–Crippen LogP) is 4.52. The van der Waals surface area contributed by atoms with Gasteiger partial charge in [0.15, 0.2) is 0 Å². The third kappa shape index (κ3) is 6.11. The van der Waals surface area contributed by atoms with Gasteiger partial charge in [0.05, 0.1) is 0 Å². The summed E-state index contributed by atoms with van der Waals surface area (Å²) in [6, 6.07) is 9.01. The zero-order chi connectivity index (χ0) is 14.8. The van der Waals surface area contributed by atoms with E-state index in [-0.39, 0.29) is 0 Å². The fraction of sp³-hybridized carbons (Fsp3) is 0.647. The third-order valence-electron chi connectivity index (χ3n) is 3.12. The average molecular weight is 265 g/mol. The van der Waals surface area contributed by atoms with Gasteiger partial charge in [0.25, 0.3) is 0 Å². The first-order valence-electron chi connectivity index (χ1n) is 7.55. The first-order valence-corrected chi connectivity index (χ1v) is 7.55. The Balaban J connectivity index is 0.000000741. The maximum atomic E-state index is 5.86. The van der Waals surface area contributed by atoms with Crippen molar-refractivity contribution in [2.24, 2.45) is 0 Å². The number of benzene rings is 1. The Morgan fingerprint density at radius 3 is 1.84 bits per heavy atom. The number of ether oxygens (including phenoxy) is 1. The summed E-state index contributed by atoms with van der Waals surface area (Å²) in [5, 5.41) is 0. The molecule has 1 aliphatic carbocycles. The maximum absolute atomic E-state index is 5.86. The fourth-order valence-corrected chi connectivity index (χ4v) is 1.87. The van der Waals surface area contributed by atoms with Gasteiger partial charge < -0.3 is 9.64 Å². The Morgan fingerprint density at radius 1 is 0.947 bits per heavy atom. The lowest BCUT2D eigenvalue weighted by molar-refractivity contribution is 0.0401. The van der Waals surface area contributed by atoms with Crippen LogP contribution in [0.4, 0.5) is 0 Å². The van der Waals surface area contributed by atoms with Crippen LogP contribution in [0.1, 0.15) is 46.1 Å². The van der Waals surface area contributed by atoms with Crippen molar-refractivity contribution in [3.05, 3.63) is 29.8 Å². The summed E-state index contributed by atoms with van der Waals surface area (Å²) in [5.74, 6) is 1.00. The lowest BCUT2D eigenvalue weighted by Crippen LogP contribution is -2.46. The predicted molar refractivity (Wildman–Crippen MR) is 85.0 cm³/mol. The molecule has 0 spiro atoms. The molecule has 1 fully saturated rings. The molecule has 0 heterocycles. The summed E-state index contributed by atoms with van der Waals surface area (Å²) >= 11 is 0. The molecule has 0 N–H and O–H groups in total. The molecule has 2 rings (SSSR count). The maximum Gasteiger partial charge on any atom is 0.119 e. The van der Waals surface area contributed by atoms with Gasteiger partial charge >= 0.3 is 0 Å². The van der Waals surface area contributed by atoms with Crippen molar-refractivity contribution in [1.82, 2.24) is 4.90 Å². The van der Waals surface area contributed by atoms with Crippen LogP contribution in [-0.2, 0) is 0 Å². The van der Waals surface area contributed by atoms with Crippen molar-refractivity contribution in [2.45, 2.75) is 59.6 Å². The Hall–Kier alpha value is -1.02. The minimum atomic E-state index is 0.417. The molecule has 19 heavy (non-hydrogen) atoms. The molecule has 0 bridgehead atoms. The molecule has 0 aliphatic heterocycles. The zero-order valence-electron chi connectivity index (χ0n) is 13.7. The topological polar surface area (TPSA) is 12.5 Å². The summed E-state index contributed by atoms with van der Waals surface area (Å²) < 4.78 is 5.86. The highest BCUT2D eigenvalue weighted by Gasteiger charge is 2.32. The van der Waals surface area contributed by atoms with Crippen LogP contribution in [0.3, 0.4) is 0 Å². The zero-order valence-corrected chi connectivity index (χ0v) is 13.7. The van der Waals surface area contributed by atoms with E-state index in [1.807, 2.05) is 27.7 Å². The molecule has 0 unspecified atom stereocenters. The Kier molecular flexibility index (Phi) is 9.32. The first-order chi connectivity index (χ1) is 9.15. The van der Waals surface area contributed by atoms with Crippen LogP contribution in [0, 0.1) is 6.92 Å². The van der Waals surface area contributed by atoms with Crippen molar-refractivity contribution >= 4 is 0 Å². The second-order valence-electron chi connectivity index (χ2n) is 4.64. The van der Waals surface area contributed by atoms with E-state index < -0.39 is 0 Å². The van der Waals surface area contributed by atoms with E-state index in [0.29, 0.717) is 12.1 Å². The molecule has 1 aromatic carbocycles. The molecule has 0 radical (unpaired) electrons. The second-order valence-corrected chi connectivity index (χ2v) is 4.64. The average Bonchev–Trinajstić information content (AvgIpc) is 2.40. The van der Waals surface area contributed by atoms with Crippen LogP contribution in [0.25, 0.3) is 0 Å². The van der Waals surface area contributed by atoms with Crippen LogP contribution in [-0.4, -0.2) is 31.1 Å². The molecule has 1 aliphatic rings. The highest BCUT2D eigenvalue weighted by atomic mass is 16.5. The van der Waals surface area contributed by atoms with Crippen molar-refractivity contribution < 1.29 is 4.74 Å². The van der Waals surface area contributed by atoms with Crippen LogP contribution in [0.5, 0.6) is 5.75 Å². The van der Waals surface area contributed by atoms with Crippen LogP contribution in [0.2, 0.25) is 0 Å². The highest BCUT2D eigenvalue weighted by molar-refractivity contribution is 5.26. The summed E-state index contributed by atoms with van der Waals surface area (Å²) in [6.07, 6.45) is 2.72. The van der Waals surface area contributed by atoms with E-state index in [1.165, 1.54) is 5.56 Å². The van der Waals surface area contributed by atoms with Crippen LogP contribution < -0.4 is 4.74 Å². The Morgan fingerprint density at radius 2 is 1.42 bits per heavy atom. The minimum Gasteiger partial charge on any atom is -0.490 e. The lowest BCUT2D eigenvalue weighted by atomic mass is 9.88. The van der Waals surface area contributed by atoms with Gasteiger partial charge in [-0.25, -0.2) is 0 Å². The van der Waals surface area contributed by atoms with Crippen molar-refractivity contribution in [1.29, 1.82) is 0 Å². The molecule has 2 heteroatoms. The van der Waals surface area contributed by atoms with Gasteiger partial charge in [0.1, 0.15) is 11.9 Å². The molecular weight excluding hydrogens is 234 g/mol. The highest BCUT2D eigenvalue weighted by Crippen LogP contribution is 2.28. The molecule has 1 aromatic rings. The number of hydrogen-bond acceptors (Lipinski definition) is 2. The van der Waals surface area contributed by atoms with E-state index in [4.69, 9.17) is 4.74 Å². The molecule has 0 amide bonds. The second kappa shape index (κ2) is 9.85. The van der Waals surface area contributed by atoms with Crippen LogP contribution >= 0.6 is 0 Å². The number of rotatable bonds is 3. The molecule has 0 aromatic heterocycles. The molecule has 1 saturated carbocycles. The summed E-state index contributed by atoms with van der Waals surface area (Å²) in [5.41, 5.74) is 1.28. The van der Waals surface area contributed by atoms with Crippen molar-refractivity contribution in [3.8, 4) is 5.75 Å². The Labute approximate surface area is 119 Å². The molecule has 110 valence electrons. The third-order valence-corrected chi connectivity index (χ3v) is 3.12. The Bertz CT molecular complexity index is 313. The normalized spacial score (nSPS) is 20.4. The first kappa shape index (κ1) is 18.0. The van der Waals surface area contributed by atoms with E-state index in [9.17, 15) is 0 Å². The van der Waals surface area contributed by atoms with Crippen LogP contribution in [0.15, 0.2) is 24.3 Å². The summed E-state index contributed by atoms with van der Waals surface area (Å²) in [6.45, 7) is 10.1. The van der Waals surface area contributed by atoms with Gasteiger partial charge in [-0.2, -0.15) is 0 Å². The summed E-state index contributed by atoms with van der Waals surface area (Å²) in [4.78, 5) is 2.27. The largest absolute Gasteiger partial charge is 0.490 e. The van der Waals surface area contributed by atoms with Gasteiger partial charge in [-0.3, -0.25) is 0 Å². The van der Waals surface area contributed by atoms with Crippen molar-refractivity contribution in [2.75, 3.05) is 14.1 Å². The van der Waals surface area contributed by atoms with Gasteiger partial charge in [-0.15, -0.1) is 0 Å². The van der Waals surface area contributed by atoms with E-state index in [2.05, 4.69) is 50.2 Å². The fourth-order valence-electron chi connectivity index (χ4n) is 1.87. The number of hydrogen-bond donors (Lipinski definition) is 0. The van der Waals surface area contributed by atoms with Gasteiger partial charge in [-0.05, 0) is 46.0 Å². The molecule has 0 saturated heterocycles. The smallest absolute Gasteiger partial charge is 0.119 e. The molecule has 0 atom stereocenters. The molecule has 2 nitrogen and oxygen atoms in total.